The number of carbonyl (C=O) groups excluding carboxylic acids is 3. The van der Waals surface area contributed by atoms with Gasteiger partial charge in [-0.05, 0) is 61.2 Å². The number of benzene rings is 2. The van der Waals surface area contributed by atoms with Crippen molar-refractivity contribution in [2.45, 2.75) is 81.6 Å². The molecule has 2 aliphatic carbocycles. The zero-order valence-corrected chi connectivity index (χ0v) is 32.7. The van der Waals surface area contributed by atoms with Crippen molar-refractivity contribution in [1.82, 2.24) is 30.2 Å². The van der Waals surface area contributed by atoms with Gasteiger partial charge in [-0.15, -0.1) is 6.58 Å². The van der Waals surface area contributed by atoms with Crippen LogP contribution in [0, 0.1) is 11.3 Å². The fraction of sp³-hybridized carbons (Fsp3) is 0.421. The summed E-state index contributed by atoms with van der Waals surface area (Å²) >= 11 is 5.08. The predicted molar refractivity (Wildman–Crippen MR) is 207 cm³/mol. The van der Waals surface area contributed by atoms with Crippen molar-refractivity contribution in [2.75, 3.05) is 6.54 Å². The molecule has 0 radical (unpaired) electrons. The number of hydrogen-bond acceptors (Lipinski definition) is 10. The Balaban J connectivity index is 1.24. The first-order valence-corrected chi connectivity index (χ1v) is 20.1. The molecule has 57 heavy (non-hydrogen) atoms. The molecule has 14 nitrogen and oxygen atoms in total. The molecule has 7 rings (SSSR count). The van der Waals surface area contributed by atoms with Crippen molar-refractivity contribution in [2.24, 2.45) is 17.1 Å². The molecule has 19 heteroatoms. The van der Waals surface area contributed by atoms with E-state index in [-0.39, 0.29) is 47.3 Å². The quantitative estimate of drug-likeness (QED) is 0.124. The number of hydrogen-bond donors (Lipinski definition) is 4. The minimum absolute atomic E-state index is 0.0322. The molecular formula is C38H40F3N7O7S2. The maximum atomic E-state index is 14.4. The Bertz CT molecular complexity index is 2410. The van der Waals surface area contributed by atoms with Crippen molar-refractivity contribution in [1.29, 1.82) is 0 Å². The topological polar surface area (TPSA) is 199 Å². The van der Waals surface area contributed by atoms with E-state index >= 15 is 0 Å². The number of rotatable bonds is 11. The Hall–Kier alpha value is -5.30. The predicted octanol–water partition coefficient (Wildman–Crippen LogP) is 4.33. The van der Waals surface area contributed by atoms with E-state index in [1.54, 1.807) is 45.0 Å². The average molecular weight is 828 g/mol. The van der Waals surface area contributed by atoms with Crippen LogP contribution in [0.3, 0.4) is 0 Å². The number of nitrogens with two attached hydrogens (primary N) is 1. The van der Waals surface area contributed by atoms with Crippen molar-refractivity contribution in [3.63, 3.8) is 0 Å². The summed E-state index contributed by atoms with van der Waals surface area (Å²) in [6.45, 7) is 8.90. The molecule has 2 aromatic carbocycles. The standard InChI is InChI=1S/C38H40F3N7O7S2/c1-5-20-17-37(20,34(51)47-57(52,53)23-14-15-23)46-31(49)25-16-22(18-48(25)33(50)29(36(2,3)4)44-35(42)56)54-32-28-27(24-8-6-7-9-26(24)55-28)43-30(45-32)19-10-12-21(13-11-19)38(39,40)41/h5-13,20,22-23,25,29H,1,14-18H2,2-4H3,(H,46,49)(H,47,51)(H3,42,44,56)/t20-,22-,25+,29?,37-/m1/s1. The normalized spacial score (nSPS) is 22.8. The van der Waals surface area contributed by atoms with Gasteiger partial charge < -0.3 is 30.4 Å². The summed E-state index contributed by atoms with van der Waals surface area (Å²) in [5.41, 5.74) is 3.70. The summed E-state index contributed by atoms with van der Waals surface area (Å²) < 4.78 is 80.3. The monoisotopic (exact) mass is 827 g/mol. The number of alkyl halides is 3. The van der Waals surface area contributed by atoms with Gasteiger partial charge in [-0.1, -0.05) is 51.1 Å². The lowest BCUT2D eigenvalue weighted by Crippen LogP contribution is -2.60. The highest BCUT2D eigenvalue weighted by molar-refractivity contribution is 7.91. The third-order valence-corrected chi connectivity index (χ3v) is 12.4. The number of ether oxygens (including phenoxy) is 1. The van der Waals surface area contributed by atoms with Gasteiger partial charge in [0.2, 0.25) is 27.4 Å². The van der Waals surface area contributed by atoms with E-state index in [2.05, 4.69) is 31.9 Å². The number of nitrogens with zero attached hydrogens (tertiary/aromatic N) is 3. The summed E-state index contributed by atoms with van der Waals surface area (Å²) in [6.07, 6.45) is -3.25. The fourth-order valence-electron chi connectivity index (χ4n) is 7.09. The summed E-state index contributed by atoms with van der Waals surface area (Å²) in [4.78, 5) is 52.8. The first kappa shape index (κ1) is 39.9. The average Bonchev–Trinajstić information content (AvgIpc) is 4.04. The number of likely N-dealkylation sites (tertiary alicyclic amines) is 1. The van der Waals surface area contributed by atoms with Crippen LogP contribution in [0.4, 0.5) is 13.2 Å². The molecule has 3 heterocycles. The van der Waals surface area contributed by atoms with Gasteiger partial charge in [-0.2, -0.15) is 18.2 Å². The Labute approximate surface area is 330 Å². The number of fused-ring (bicyclic) bond motifs is 3. The van der Waals surface area contributed by atoms with E-state index in [1.165, 1.54) is 23.1 Å². The van der Waals surface area contributed by atoms with Gasteiger partial charge in [0.15, 0.2) is 10.9 Å². The zero-order valence-electron chi connectivity index (χ0n) is 31.1. The van der Waals surface area contributed by atoms with Crippen LogP contribution in [0.1, 0.15) is 52.0 Å². The number of carbonyl (C=O) groups is 3. The van der Waals surface area contributed by atoms with Gasteiger partial charge >= 0.3 is 6.18 Å². The van der Waals surface area contributed by atoms with Crippen molar-refractivity contribution < 1.29 is 45.1 Å². The fourth-order valence-corrected chi connectivity index (χ4v) is 8.57. The number of thiocarbonyl (C=S) groups is 1. The lowest BCUT2D eigenvalue weighted by Gasteiger charge is -2.35. The number of sulfonamides is 1. The van der Waals surface area contributed by atoms with Gasteiger partial charge in [0, 0.05) is 23.3 Å². The molecule has 302 valence electrons. The van der Waals surface area contributed by atoms with Crippen LogP contribution < -0.4 is 25.8 Å². The molecule has 2 aromatic heterocycles. The van der Waals surface area contributed by atoms with Gasteiger partial charge in [-0.3, -0.25) is 19.1 Å². The van der Waals surface area contributed by atoms with Gasteiger partial charge in [0.05, 0.1) is 17.4 Å². The number of para-hydroxylation sites is 1. The van der Waals surface area contributed by atoms with E-state index in [1.807, 2.05) is 0 Å². The van der Waals surface area contributed by atoms with E-state index in [4.69, 9.17) is 27.1 Å². The van der Waals surface area contributed by atoms with E-state index in [0.29, 0.717) is 29.3 Å². The molecule has 1 aliphatic heterocycles. The maximum absolute atomic E-state index is 14.4. The highest BCUT2D eigenvalue weighted by Gasteiger charge is 2.62. The Morgan fingerprint density at radius 3 is 2.39 bits per heavy atom. The molecule has 0 spiro atoms. The minimum Gasteiger partial charge on any atom is -0.470 e. The van der Waals surface area contributed by atoms with Gasteiger partial charge in [-0.25, -0.2) is 13.4 Å². The third-order valence-electron chi connectivity index (χ3n) is 10.4. The maximum Gasteiger partial charge on any atom is 0.416 e. The Kier molecular flexibility index (Phi) is 9.99. The van der Waals surface area contributed by atoms with E-state index in [0.717, 1.165) is 12.1 Å². The van der Waals surface area contributed by atoms with Crippen LogP contribution >= 0.6 is 12.2 Å². The van der Waals surface area contributed by atoms with Gasteiger partial charge in [0.25, 0.3) is 11.8 Å². The first-order chi connectivity index (χ1) is 26.7. The zero-order chi connectivity index (χ0) is 41.2. The van der Waals surface area contributed by atoms with Crippen molar-refractivity contribution >= 4 is 67.1 Å². The number of furan rings is 1. The highest BCUT2D eigenvalue weighted by Crippen LogP contribution is 2.46. The molecule has 3 aliphatic rings. The summed E-state index contributed by atoms with van der Waals surface area (Å²) in [6, 6.07) is 9.01. The van der Waals surface area contributed by atoms with Crippen molar-refractivity contribution in [3.8, 4) is 17.3 Å². The second-order valence-corrected chi connectivity index (χ2v) is 18.1. The lowest BCUT2D eigenvalue weighted by atomic mass is 9.85. The second kappa shape index (κ2) is 14.3. The summed E-state index contributed by atoms with van der Waals surface area (Å²) in [5, 5.41) is 5.31. The van der Waals surface area contributed by atoms with Crippen LogP contribution in [-0.4, -0.2) is 81.6 Å². The van der Waals surface area contributed by atoms with Crippen LogP contribution in [-0.2, 0) is 30.6 Å². The largest absolute Gasteiger partial charge is 0.470 e. The molecule has 5 N–H and O–H groups in total. The molecule has 3 amide bonds. The minimum atomic E-state index is -4.56. The van der Waals surface area contributed by atoms with Crippen LogP contribution in [0.15, 0.2) is 65.6 Å². The van der Waals surface area contributed by atoms with Crippen LogP contribution in [0.5, 0.6) is 5.88 Å². The van der Waals surface area contributed by atoms with E-state index < -0.39 is 79.8 Å². The van der Waals surface area contributed by atoms with Crippen molar-refractivity contribution in [3.05, 3.63) is 66.7 Å². The second-order valence-electron chi connectivity index (χ2n) is 15.7. The molecule has 5 atom stereocenters. The smallest absolute Gasteiger partial charge is 0.416 e. The van der Waals surface area contributed by atoms with Gasteiger partial charge in [0.1, 0.15) is 34.8 Å². The SMILES string of the molecule is C=C[C@@H]1C[C@]1(NC(=O)[C@@H]1C[C@@H](Oc2nc(-c3ccc(C(F)(F)F)cc3)nc3c2oc2ccccc23)CN1C(=O)C(NC(N)=S)C(C)(C)C)C(=O)NS(=O)(=O)C1CC1. The van der Waals surface area contributed by atoms with E-state index in [9.17, 15) is 36.0 Å². The number of amides is 3. The summed E-state index contributed by atoms with van der Waals surface area (Å²) in [5.74, 6) is -2.85. The molecule has 1 saturated heterocycles. The summed E-state index contributed by atoms with van der Waals surface area (Å²) in [7, 11) is -3.96. The number of nitrogens with one attached hydrogen (secondary N) is 3. The molecular weight excluding hydrogens is 788 g/mol. The molecule has 3 fully saturated rings. The molecule has 4 aromatic rings. The van der Waals surface area contributed by atoms with Crippen LogP contribution in [0.2, 0.25) is 0 Å². The molecule has 2 saturated carbocycles. The Morgan fingerprint density at radius 2 is 1.79 bits per heavy atom. The Morgan fingerprint density at radius 1 is 1.11 bits per heavy atom. The molecule has 1 unspecified atom stereocenters. The third kappa shape index (κ3) is 7.86. The number of aromatic nitrogens is 2. The van der Waals surface area contributed by atoms with Crippen LogP contribution in [0.25, 0.3) is 33.5 Å². The lowest BCUT2D eigenvalue weighted by molar-refractivity contribution is -0.142. The highest BCUT2D eigenvalue weighted by atomic mass is 32.2. The molecule has 0 bridgehead atoms. The first-order valence-electron chi connectivity index (χ1n) is 18.1. The number of halogens is 3.